The third-order valence-corrected chi connectivity index (χ3v) is 2.64. The molecular formula is C11H18F3N5. The summed E-state index contributed by atoms with van der Waals surface area (Å²) < 4.78 is 38.0. The Hall–Kier alpha value is -1.54. The number of alkyl halides is 3. The summed E-state index contributed by atoms with van der Waals surface area (Å²) in [7, 11) is 1.92. The molecule has 5 nitrogen and oxygen atoms in total. The Balaban J connectivity index is 2.77. The number of hydrogen-bond acceptors (Lipinski definition) is 5. The molecule has 0 bridgehead atoms. The van der Waals surface area contributed by atoms with E-state index < -0.39 is 11.7 Å². The van der Waals surface area contributed by atoms with Crippen LogP contribution in [0.15, 0.2) is 12.1 Å². The highest BCUT2D eigenvalue weighted by Gasteiger charge is 2.31. The molecule has 0 radical (unpaired) electrons. The van der Waals surface area contributed by atoms with E-state index in [1.54, 1.807) is 0 Å². The lowest BCUT2D eigenvalue weighted by Gasteiger charge is -2.16. The van der Waals surface area contributed by atoms with Crippen molar-refractivity contribution in [2.24, 2.45) is 5.84 Å². The molecule has 8 heteroatoms. The third-order valence-electron chi connectivity index (χ3n) is 2.64. The predicted molar refractivity (Wildman–Crippen MR) is 68.7 cm³/mol. The van der Waals surface area contributed by atoms with Crippen molar-refractivity contribution in [3.8, 4) is 0 Å². The molecule has 1 aromatic heterocycles. The van der Waals surface area contributed by atoms with Gasteiger partial charge in [-0.1, -0.05) is 6.92 Å². The van der Waals surface area contributed by atoms with Gasteiger partial charge in [0.15, 0.2) is 0 Å². The summed E-state index contributed by atoms with van der Waals surface area (Å²) in [4.78, 5) is 5.95. The fraction of sp³-hybridized carbons (Fsp3) is 0.545. The Morgan fingerprint density at radius 3 is 2.47 bits per heavy atom. The summed E-state index contributed by atoms with van der Waals surface area (Å²) >= 11 is 0. The van der Waals surface area contributed by atoms with Gasteiger partial charge < -0.3 is 15.6 Å². The molecule has 0 aliphatic carbocycles. The number of halogens is 3. The second-order valence-corrected chi connectivity index (χ2v) is 4.09. The second-order valence-electron chi connectivity index (χ2n) is 4.09. The fourth-order valence-corrected chi connectivity index (χ4v) is 1.39. The lowest BCUT2D eigenvalue weighted by Crippen LogP contribution is -2.25. The summed E-state index contributed by atoms with van der Waals surface area (Å²) in [5.41, 5.74) is 1.34. The largest absolute Gasteiger partial charge is 0.416 e. The molecule has 0 saturated heterocycles. The van der Waals surface area contributed by atoms with Gasteiger partial charge >= 0.3 is 6.18 Å². The van der Waals surface area contributed by atoms with E-state index in [4.69, 9.17) is 5.84 Å². The maximum atomic E-state index is 12.7. The van der Waals surface area contributed by atoms with Crippen molar-refractivity contribution in [3.63, 3.8) is 0 Å². The van der Waals surface area contributed by atoms with Gasteiger partial charge in [-0.15, -0.1) is 0 Å². The van der Waals surface area contributed by atoms with Crippen LogP contribution in [0.4, 0.5) is 24.8 Å². The van der Waals surface area contributed by atoms with Crippen molar-refractivity contribution < 1.29 is 13.2 Å². The first-order valence-electron chi connectivity index (χ1n) is 5.85. The molecule has 0 amide bonds. The van der Waals surface area contributed by atoms with Crippen LogP contribution in [0.1, 0.15) is 12.5 Å². The Morgan fingerprint density at radius 1 is 1.32 bits per heavy atom. The predicted octanol–water partition coefficient (Wildman–Crippen LogP) is 1.75. The number of nitrogens with two attached hydrogens (primary N) is 1. The van der Waals surface area contributed by atoms with E-state index in [0.717, 1.165) is 18.7 Å². The van der Waals surface area contributed by atoms with Gasteiger partial charge in [0.25, 0.3) is 0 Å². The molecule has 0 aliphatic rings. The van der Waals surface area contributed by atoms with Gasteiger partial charge in [0.1, 0.15) is 11.6 Å². The first kappa shape index (κ1) is 15.5. The van der Waals surface area contributed by atoms with Crippen LogP contribution in [0.3, 0.4) is 0 Å². The molecular weight excluding hydrogens is 259 g/mol. The van der Waals surface area contributed by atoms with Gasteiger partial charge in [0.05, 0.1) is 5.56 Å². The Kier molecular flexibility index (Phi) is 5.37. The number of likely N-dealkylation sites (N-methyl/N-ethyl adjacent to an activating group) is 1. The molecule has 1 aromatic rings. The normalized spacial score (nSPS) is 11.7. The fourth-order valence-electron chi connectivity index (χ4n) is 1.39. The van der Waals surface area contributed by atoms with Crippen LogP contribution < -0.4 is 16.6 Å². The van der Waals surface area contributed by atoms with E-state index in [9.17, 15) is 13.2 Å². The minimum atomic E-state index is -4.43. The van der Waals surface area contributed by atoms with Crippen LogP contribution in [0, 0.1) is 0 Å². The number of nitrogens with one attached hydrogen (secondary N) is 2. The van der Waals surface area contributed by atoms with Crippen LogP contribution in [0.25, 0.3) is 0 Å². The molecule has 0 saturated carbocycles. The monoisotopic (exact) mass is 277 g/mol. The highest BCUT2D eigenvalue weighted by molar-refractivity contribution is 5.49. The Morgan fingerprint density at radius 2 is 1.95 bits per heavy atom. The van der Waals surface area contributed by atoms with E-state index in [2.05, 4.69) is 15.7 Å². The van der Waals surface area contributed by atoms with E-state index >= 15 is 0 Å². The second kappa shape index (κ2) is 6.58. The maximum Gasteiger partial charge on any atom is 0.416 e. The number of nitrogen functional groups attached to an aromatic ring is 1. The van der Waals surface area contributed by atoms with E-state index in [0.29, 0.717) is 13.1 Å². The quantitative estimate of drug-likeness (QED) is 0.546. The number of anilines is 2. The lowest BCUT2D eigenvalue weighted by molar-refractivity contribution is -0.137. The van der Waals surface area contributed by atoms with E-state index in [-0.39, 0.29) is 11.6 Å². The number of hydrazine groups is 1. The molecule has 1 rings (SSSR count). The number of aromatic nitrogens is 1. The smallest absolute Gasteiger partial charge is 0.369 e. The Bertz CT molecular complexity index is 408. The molecule has 108 valence electrons. The van der Waals surface area contributed by atoms with Crippen molar-refractivity contribution in [2.75, 3.05) is 37.4 Å². The number of nitrogens with zero attached hydrogens (tertiary/aromatic N) is 2. The molecule has 0 aliphatic heterocycles. The molecule has 0 fully saturated rings. The van der Waals surface area contributed by atoms with Crippen molar-refractivity contribution >= 4 is 11.6 Å². The highest BCUT2D eigenvalue weighted by Crippen LogP contribution is 2.31. The average molecular weight is 277 g/mol. The first-order valence-corrected chi connectivity index (χ1v) is 5.85. The summed E-state index contributed by atoms with van der Waals surface area (Å²) in [6, 6.07) is 1.83. The zero-order valence-corrected chi connectivity index (χ0v) is 10.9. The molecule has 4 N–H and O–H groups in total. The lowest BCUT2D eigenvalue weighted by atomic mass is 10.2. The zero-order valence-electron chi connectivity index (χ0n) is 10.9. The number of hydrogen-bond donors (Lipinski definition) is 3. The van der Waals surface area contributed by atoms with Crippen LogP contribution in [-0.4, -0.2) is 36.6 Å². The molecule has 1 heterocycles. The van der Waals surface area contributed by atoms with Crippen LogP contribution in [0.2, 0.25) is 0 Å². The standard InChI is InChI=1S/C11H18F3N5/c1-3-19(2)5-4-16-9-6-8(11(12,13)14)7-10(17-9)18-15/h6-7H,3-5,15H2,1-2H3,(H2,16,17,18). The minimum absolute atomic E-state index is 0.0267. The molecule has 0 atom stereocenters. The molecule has 0 aromatic carbocycles. The van der Waals surface area contributed by atoms with Gasteiger partial charge in [0.2, 0.25) is 0 Å². The summed E-state index contributed by atoms with van der Waals surface area (Å²) in [5.74, 6) is 5.23. The molecule has 19 heavy (non-hydrogen) atoms. The molecule has 0 spiro atoms. The summed E-state index contributed by atoms with van der Waals surface area (Å²) in [6.45, 7) is 4.08. The third kappa shape index (κ3) is 4.92. The van der Waals surface area contributed by atoms with Crippen molar-refractivity contribution in [1.29, 1.82) is 0 Å². The average Bonchev–Trinajstić information content (AvgIpc) is 2.37. The first-order chi connectivity index (χ1) is 8.86. The van der Waals surface area contributed by atoms with Crippen molar-refractivity contribution in [3.05, 3.63) is 17.7 Å². The van der Waals surface area contributed by atoms with Crippen LogP contribution >= 0.6 is 0 Å². The summed E-state index contributed by atoms with van der Waals surface area (Å²) in [5, 5.41) is 2.85. The number of rotatable bonds is 6. The van der Waals surface area contributed by atoms with Crippen molar-refractivity contribution in [1.82, 2.24) is 9.88 Å². The van der Waals surface area contributed by atoms with Gasteiger partial charge in [-0.3, -0.25) is 0 Å². The summed E-state index contributed by atoms with van der Waals surface area (Å²) in [6.07, 6.45) is -4.43. The highest BCUT2D eigenvalue weighted by atomic mass is 19.4. The molecule has 0 unspecified atom stereocenters. The maximum absolute atomic E-state index is 12.7. The van der Waals surface area contributed by atoms with Crippen LogP contribution in [0.5, 0.6) is 0 Å². The van der Waals surface area contributed by atoms with Crippen molar-refractivity contribution in [2.45, 2.75) is 13.1 Å². The van der Waals surface area contributed by atoms with Gasteiger partial charge in [-0.05, 0) is 25.7 Å². The van der Waals surface area contributed by atoms with Crippen LogP contribution in [-0.2, 0) is 6.18 Å². The van der Waals surface area contributed by atoms with Gasteiger partial charge in [0, 0.05) is 13.1 Å². The van der Waals surface area contributed by atoms with E-state index in [1.807, 2.05) is 18.9 Å². The minimum Gasteiger partial charge on any atom is -0.369 e. The topological polar surface area (TPSA) is 66.2 Å². The van der Waals surface area contributed by atoms with Gasteiger partial charge in [-0.25, -0.2) is 10.8 Å². The zero-order chi connectivity index (χ0) is 14.5. The van der Waals surface area contributed by atoms with E-state index in [1.165, 1.54) is 0 Å². The number of pyridine rings is 1. The SMILES string of the molecule is CCN(C)CCNc1cc(C(F)(F)F)cc(NN)n1. The van der Waals surface area contributed by atoms with Gasteiger partial charge in [-0.2, -0.15) is 13.2 Å². The Labute approximate surface area is 110 Å².